The Morgan fingerprint density at radius 3 is 2.91 bits per heavy atom. The molecular weight excluding hydrogens is 342 g/mol. The largest absolute Gasteiger partial charge is 0.351 e. The average Bonchev–Trinajstić information content (AvgIpc) is 3.10. The van der Waals surface area contributed by atoms with Gasteiger partial charge in [-0.25, -0.2) is 0 Å². The number of carbonyl (C=O) groups is 1. The number of carbonyl (C=O) groups excluding carboxylic acids is 1. The summed E-state index contributed by atoms with van der Waals surface area (Å²) < 4.78 is 1.95. The predicted octanol–water partition coefficient (Wildman–Crippen LogP) is 1.82. The standard InChI is InChI=1S/C13H19N5OS2.ClH/c1-14-9-11-16-17-13(18(11)2)21-7-5-12(19)15-8-10-4-3-6-20-10;/h3-4,6,14H,5,7-9H2,1-2H3,(H,15,19);1H. The van der Waals surface area contributed by atoms with Crippen LogP contribution in [0.25, 0.3) is 0 Å². The van der Waals surface area contributed by atoms with Crippen molar-refractivity contribution < 1.29 is 4.79 Å². The van der Waals surface area contributed by atoms with Gasteiger partial charge in [-0.2, -0.15) is 0 Å². The Morgan fingerprint density at radius 1 is 1.41 bits per heavy atom. The van der Waals surface area contributed by atoms with Crippen LogP contribution >= 0.6 is 35.5 Å². The highest BCUT2D eigenvalue weighted by Gasteiger charge is 2.09. The summed E-state index contributed by atoms with van der Waals surface area (Å²) in [6.45, 7) is 1.29. The molecular formula is C13H20ClN5OS2. The maximum Gasteiger partial charge on any atom is 0.221 e. The molecule has 0 unspecified atom stereocenters. The molecule has 2 heterocycles. The van der Waals surface area contributed by atoms with Gasteiger partial charge in [0.15, 0.2) is 5.16 Å². The van der Waals surface area contributed by atoms with E-state index < -0.39 is 0 Å². The number of nitrogens with one attached hydrogen (secondary N) is 2. The number of amides is 1. The van der Waals surface area contributed by atoms with Crippen LogP contribution in [0.1, 0.15) is 17.1 Å². The lowest BCUT2D eigenvalue weighted by atomic mass is 10.4. The van der Waals surface area contributed by atoms with Gasteiger partial charge in [0.25, 0.3) is 0 Å². The summed E-state index contributed by atoms with van der Waals surface area (Å²) >= 11 is 3.20. The summed E-state index contributed by atoms with van der Waals surface area (Å²) in [4.78, 5) is 12.9. The molecule has 6 nitrogen and oxygen atoms in total. The highest BCUT2D eigenvalue weighted by atomic mass is 35.5. The number of rotatable bonds is 8. The number of thiophene rings is 1. The summed E-state index contributed by atoms with van der Waals surface area (Å²) in [7, 11) is 3.81. The van der Waals surface area contributed by atoms with E-state index in [0.717, 1.165) is 11.0 Å². The minimum Gasteiger partial charge on any atom is -0.351 e. The quantitative estimate of drug-likeness (QED) is 0.702. The summed E-state index contributed by atoms with van der Waals surface area (Å²) in [5.74, 6) is 1.65. The van der Waals surface area contributed by atoms with Gasteiger partial charge in [0.05, 0.1) is 13.1 Å². The second kappa shape index (κ2) is 9.83. The van der Waals surface area contributed by atoms with Crippen LogP contribution in [0.2, 0.25) is 0 Å². The zero-order valence-corrected chi connectivity index (χ0v) is 15.0. The van der Waals surface area contributed by atoms with Crippen molar-refractivity contribution in [3.63, 3.8) is 0 Å². The Labute approximate surface area is 144 Å². The molecule has 22 heavy (non-hydrogen) atoms. The van der Waals surface area contributed by atoms with Gasteiger partial charge in [-0.15, -0.1) is 33.9 Å². The van der Waals surface area contributed by atoms with Crippen molar-refractivity contribution >= 4 is 41.4 Å². The number of halogens is 1. The van der Waals surface area contributed by atoms with Gasteiger partial charge in [-0.1, -0.05) is 17.8 Å². The molecule has 0 bridgehead atoms. The third kappa shape index (κ3) is 5.60. The lowest BCUT2D eigenvalue weighted by Gasteiger charge is -2.04. The number of hydrogen-bond acceptors (Lipinski definition) is 6. The van der Waals surface area contributed by atoms with Crippen molar-refractivity contribution in [2.45, 2.75) is 24.7 Å². The molecule has 0 spiro atoms. The second-order valence-electron chi connectivity index (χ2n) is 4.44. The first-order chi connectivity index (χ1) is 10.2. The third-order valence-electron chi connectivity index (χ3n) is 2.86. The van der Waals surface area contributed by atoms with Gasteiger partial charge in [0.2, 0.25) is 5.91 Å². The second-order valence-corrected chi connectivity index (χ2v) is 6.54. The minimum atomic E-state index is 0. The van der Waals surface area contributed by atoms with Gasteiger partial charge in [0, 0.05) is 24.1 Å². The smallest absolute Gasteiger partial charge is 0.221 e. The minimum absolute atomic E-state index is 0. The topological polar surface area (TPSA) is 71.8 Å². The van der Waals surface area contributed by atoms with Gasteiger partial charge in [-0.05, 0) is 18.5 Å². The summed E-state index contributed by atoms with van der Waals surface area (Å²) in [5, 5.41) is 17.0. The van der Waals surface area contributed by atoms with Crippen LogP contribution in [0.4, 0.5) is 0 Å². The fraction of sp³-hybridized carbons (Fsp3) is 0.462. The molecule has 0 atom stereocenters. The van der Waals surface area contributed by atoms with Gasteiger partial charge >= 0.3 is 0 Å². The zero-order chi connectivity index (χ0) is 15.1. The number of thioether (sulfide) groups is 1. The van der Waals surface area contributed by atoms with Crippen LogP contribution in [0.15, 0.2) is 22.7 Å². The number of aromatic nitrogens is 3. The average molecular weight is 362 g/mol. The van der Waals surface area contributed by atoms with Crippen LogP contribution in [0.5, 0.6) is 0 Å². The number of nitrogens with zero attached hydrogens (tertiary/aromatic N) is 3. The molecule has 2 aromatic rings. The summed E-state index contributed by atoms with van der Waals surface area (Å²) in [6, 6.07) is 4.00. The molecule has 0 fully saturated rings. The molecule has 2 rings (SSSR count). The van der Waals surface area contributed by atoms with Crippen LogP contribution in [0, 0.1) is 0 Å². The Morgan fingerprint density at radius 2 is 2.23 bits per heavy atom. The van der Waals surface area contributed by atoms with E-state index in [9.17, 15) is 4.79 Å². The SMILES string of the molecule is CNCc1nnc(SCCC(=O)NCc2cccs2)n1C.Cl. The van der Waals surface area contributed by atoms with Crippen molar-refractivity contribution in [1.29, 1.82) is 0 Å². The highest BCUT2D eigenvalue weighted by molar-refractivity contribution is 7.99. The van der Waals surface area contributed by atoms with E-state index in [-0.39, 0.29) is 18.3 Å². The molecule has 2 aromatic heterocycles. The first-order valence-electron chi connectivity index (χ1n) is 6.65. The Hall–Kier alpha value is -1.09. The lowest BCUT2D eigenvalue weighted by Crippen LogP contribution is -2.22. The number of hydrogen-bond donors (Lipinski definition) is 2. The van der Waals surface area contributed by atoms with E-state index in [0.29, 0.717) is 25.3 Å². The van der Waals surface area contributed by atoms with Crippen LogP contribution in [0.3, 0.4) is 0 Å². The molecule has 0 saturated carbocycles. The van der Waals surface area contributed by atoms with Crippen LogP contribution in [-0.2, 0) is 24.9 Å². The zero-order valence-electron chi connectivity index (χ0n) is 12.5. The molecule has 1 amide bonds. The predicted molar refractivity (Wildman–Crippen MR) is 92.5 cm³/mol. The van der Waals surface area contributed by atoms with Crippen molar-refractivity contribution in [2.75, 3.05) is 12.8 Å². The highest BCUT2D eigenvalue weighted by Crippen LogP contribution is 2.16. The molecule has 0 saturated heterocycles. The summed E-state index contributed by atoms with van der Waals surface area (Å²) in [6.07, 6.45) is 0.476. The van der Waals surface area contributed by atoms with Gasteiger partial charge in [-0.3, -0.25) is 4.79 Å². The third-order valence-corrected chi connectivity index (χ3v) is 4.76. The van der Waals surface area contributed by atoms with Crippen molar-refractivity contribution in [3.05, 3.63) is 28.2 Å². The Balaban J connectivity index is 0.00000242. The van der Waals surface area contributed by atoms with E-state index in [4.69, 9.17) is 0 Å². The van der Waals surface area contributed by atoms with Gasteiger partial charge < -0.3 is 15.2 Å². The first kappa shape index (κ1) is 19.0. The van der Waals surface area contributed by atoms with Crippen molar-refractivity contribution in [3.8, 4) is 0 Å². The Bertz CT molecular complexity index is 573. The lowest BCUT2D eigenvalue weighted by molar-refractivity contribution is -0.120. The van der Waals surface area contributed by atoms with Crippen LogP contribution < -0.4 is 10.6 Å². The monoisotopic (exact) mass is 361 g/mol. The van der Waals surface area contributed by atoms with Crippen molar-refractivity contribution in [1.82, 2.24) is 25.4 Å². The molecule has 0 aliphatic carbocycles. The molecule has 122 valence electrons. The Kier molecular flexibility index (Phi) is 8.47. The van der Waals surface area contributed by atoms with Gasteiger partial charge in [0.1, 0.15) is 5.82 Å². The van der Waals surface area contributed by atoms with Crippen molar-refractivity contribution in [2.24, 2.45) is 7.05 Å². The first-order valence-corrected chi connectivity index (χ1v) is 8.52. The molecule has 0 aliphatic heterocycles. The van der Waals surface area contributed by atoms with E-state index >= 15 is 0 Å². The molecule has 9 heteroatoms. The van der Waals surface area contributed by atoms with E-state index in [1.807, 2.05) is 36.2 Å². The fourth-order valence-electron chi connectivity index (χ4n) is 1.71. The fourth-order valence-corrected chi connectivity index (χ4v) is 3.22. The normalized spacial score (nSPS) is 10.3. The van der Waals surface area contributed by atoms with Crippen LogP contribution in [-0.4, -0.2) is 33.5 Å². The van der Waals surface area contributed by atoms with E-state index in [1.54, 1.807) is 23.1 Å². The van der Waals surface area contributed by atoms with E-state index in [2.05, 4.69) is 20.8 Å². The molecule has 0 aliphatic rings. The van der Waals surface area contributed by atoms with E-state index in [1.165, 1.54) is 4.88 Å². The summed E-state index contributed by atoms with van der Waals surface area (Å²) in [5.41, 5.74) is 0. The maximum atomic E-state index is 11.7. The molecule has 0 aromatic carbocycles. The molecule has 0 radical (unpaired) electrons. The molecule has 2 N–H and O–H groups in total. The maximum absolute atomic E-state index is 11.7.